The number of ether oxygens (including phenoxy) is 1. The third-order valence-electron chi connectivity index (χ3n) is 5.79. The topological polar surface area (TPSA) is 71.0 Å². The minimum atomic E-state index is -0.286. The minimum Gasteiger partial charge on any atom is -0.489 e. The summed E-state index contributed by atoms with van der Waals surface area (Å²) in [6.07, 6.45) is 1.92. The van der Waals surface area contributed by atoms with Crippen molar-refractivity contribution >= 4 is 41.6 Å². The molecular formula is C27H25N3O3S2. The van der Waals surface area contributed by atoms with Crippen molar-refractivity contribution in [1.29, 1.82) is 0 Å². The van der Waals surface area contributed by atoms with Gasteiger partial charge in [0.15, 0.2) is 0 Å². The van der Waals surface area contributed by atoms with E-state index in [0.29, 0.717) is 24.0 Å². The first-order valence-corrected chi connectivity index (χ1v) is 13.6. The number of hydrogen-bond acceptors (Lipinski definition) is 6. The number of hydrogen-bond donors (Lipinski definition) is 1. The van der Waals surface area contributed by atoms with Gasteiger partial charge in [-0.2, -0.15) is 16.9 Å². The first-order valence-electron chi connectivity index (χ1n) is 11.4. The van der Waals surface area contributed by atoms with Crippen LogP contribution in [0.5, 0.6) is 5.75 Å². The summed E-state index contributed by atoms with van der Waals surface area (Å²) < 4.78 is 5.84. The second kappa shape index (κ2) is 11.0. The quantitative estimate of drug-likeness (QED) is 0.356. The number of carbonyl (C=O) groups excluding carboxylic acids is 2. The van der Waals surface area contributed by atoms with E-state index in [1.54, 1.807) is 30.1 Å². The van der Waals surface area contributed by atoms with Crippen molar-refractivity contribution in [2.75, 3.05) is 17.3 Å². The summed E-state index contributed by atoms with van der Waals surface area (Å²) in [5.74, 6) is 3.23. The molecule has 1 atom stereocenters. The van der Waals surface area contributed by atoms with Crippen LogP contribution in [0.2, 0.25) is 0 Å². The second-order valence-electron chi connectivity index (χ2n) is 8.34. The number of nitrogens with zero attached hydrogens (tertiary/aromatic N) is 2. The number of thioether (sulfide) groups is 2. The molecule has 0 unspecified atom stereocenters. The maximum absolute atomic E-state index is 12.5. The van der Waals surface area contributed by atoms with Crippen LogP contribution < -0.4 is 10.2 Å². The van der Waals surface area contributed by atoms with Crippen LogP contribution in [0.1, 0.15) is 32.4 Å². The highest BCUT2D eigenvalue weighted by Crippen LogP contribution is 2.39. The predicted molar refractivity (Wildman–Crippen MR) is 142 cm³/mol. The maximum atomic E-state index is 12.5. The summed E-state index contributed by atoms with van der Waals surface area (Å²) in [4.78, 5) is 26.9. The van der Waals surface area contributed by atoms with Gasteiger partial charge in [0.2, 0.25) is 5.91 Å². The molecule has 35 heavy (non-hydrogen) atoms. The van der Waals surface area contributed by atoms with E-state index >= 15 is 0 Å². The molecule has 2 aliphatic heterocycles. The summed E-state index contributed by atoms with van der Waals surface area (Å²) in [6, 6.07) is 25.0. The van der Waals surface area contributed by atoms with Gasteiger partial charge >= 0.3 is 0 Å². The fourth-order valence-electron chi connectivity index (χ4n) is 3.82. The average Bonchev–Trinajstić information content (AvgIpc) is 3.23. The predicted octanol–water partition coefficient (Wildman–Crippen LogP) is 4.72. The largest absolute Gasteiger partial charge is 0.489 e. The number of hydrazone groups is 1. The Kier molecular flexibility index (Phi) is 7.39. The molecule has 0 aromatic heterocycles. The molecule has 0 aliphatic carbocycles. The van der Waals surface area contributed by atoms with Crippen molar-refractivity contribution in [2.45, 2.75) is 18.0 Å². The number of amides is 2. The highest BCUT2D eigenvalue weighted by atomic mass is 32.2. The molecule has 6 nitrogen and oxygen atoms in total. The third kappa shape index (κ3) is 5.89. The van der Waals surface area contributed by atoms with E-state index in [9.17, 15) is 9.59 Å². The number of rotatable bonds is 8. The highest BCUT2D eigenvalue weighted by molar-refractivity contribution is 8.00. The van der Waals surface area contributed by atoms with Crippen molar-refractivity contribution in [3.05, 3.63) is 101 Å². The van der Waals surface area contributed by atoms with Gasteiger partial charge in [0.05, 0.1) is 12.0 Å². The number of benzene rings is 3. The molecule has 2 aliphatic rings. The van der Waals surface area contributed by atoms with Gasteiger partial charge in [-0.05, 0) is 53.1 Å². The second-order valence-corrected chi connectivity index (χ2v) is 10.5. The van der Waals surface area contributed by atoms with Gasteiger partial charge in [-0.25, -0.2) is 5.43 Å². The molecule has 2 amide bonds. The summed E-state index contributed by atoms with van der Waals surface area (Å²) >= 11 is 3.49. The van der Waals surface area contributed by atoms with E-state index in [-0.39, 0.29) is 17.2 Å². The Morgan fingerprint density at radius 3 is 2.46 bits per heavy atom. The monoisotopic (exact) mass is 503 g/mol. The molecule has 1 N–H and O–H groups in total. The summed E-state index contributed by atoms with van der Waals surface area (Å²) in [7, 11) is 0. The fraction of sp³-hybridized carbons (Fsp3) is 0.222. The van der Waals surface area contributed by atoms with Gasteiger partial charge in [-0.3, -0.25) is 9.59 Å². The molecule has 0 radical (unpaired) electrons. The summed E-state index contributed by atoms with van der Waals surface area (Å²) in [6.45, 7) is 0.570. The lowest BCUT2D eigenvalue weighted by molar-refractivity contribution is -0.128. The fourth-order valence-corrected chi connectivity index (χ4v) is 5.57. The van der Waals surface area contributed by atoms with Gasteiger partial charge in [-0.1, -0.05) is 42.5 Å². The Morgan fingerprint density at radius 2 is 1.77 bits per heavy atom. The lowest BCUT2D eigenvalue weighted by Crippen LogP contribution is -2.30. The van der Waals surface area contributed by atoms with E-state index in [1.165, 1.54) is 0 Å². The van der Waals surface area contributed by atoms with Gasteiger partial charge < -0.3 is 9.64 Å². The van der Waals surface area contributed by atoms with Crippen molar-refractivity contribution in [3.63, 3.8) is 0 Å². The minimum absolute atomic E-state index is 0.0622. The van der Waals surface area contributed by atoms with E-state index in [0.717, 1.165) is 33.9 Å². The van der Waals surface area contributed by atoms with Crippen LogP contribution in [-0.2, 0) is 11.3 Å². The van der Waals surface area contributed by atoms with E-state index < -0.39 is 0 Å². The van der Waals surface area contributed by atoms with Crippen LogP contribution in [0.25, 0.3) is 0 Å². The van der Waals surface area contributed by atoms with Crippen molar-refractivity contribution < 1.29 is 14.3 Å². The smallest absolute Gasteiger partial charge is 0.271 e. The zero-order chi connectivity index (χ0) is 24.0. The molecule has 0 spiro atoms. The molecule has 0 bridgehead atoms. The molecule has 2 heterocycles. The molecule has 0 saturated carbocycles. The molecular weight excluding hydrogens is 478 g/mol. The van der Waals surface area contributed by atoms with Gasteiger partial charge in [0.1, 0.15) is 17.2 Å². The molecule has 5 rings (SSSR count). The Morgan fingerprint density at radius 1 is 1.03 bits per heavy atom. The van der Waals surface area contributed by atoms with Gasteiger partial charge in [0, 0.05) is 23.6 Å². The Balaban J connectivity index is 1.16. The number of nitrogens with one attached hydrogen (secondary N) is 1. The normalized spacial score (nSPS) is 18.0. The van der Waals surface area contributed by atoms with E-state index in [1.807, 2.05) is 83.4 Å². The van der Waals surface area contributed by atoms with Crippen molar-refractivity contribution in [2.24, 2.45) is 5.10 Å². The van der Waals surface area contributed by atoms with E-state index in [2.05, 4.69) is 10.5 Å². The Hall–Kier alpha value is -3.23. The maximum Gasteiger partial charge on any atom is 0.271 e. The van der Waals surface area contributed by atoms with Gasteiger partial charge in [-0.15, -0.1) is 11.8 Å². The average molecular weight is 504 g/mol. The van der Waals surface area contributed by atoms with Crippen LogP contribution in [0.15, 0.2) is 84.0 Å². The molecule has 178 valence electrons. The Bertz CT molecular complexity index is 1200. The van der Waals surface area contributed by atoms with Crippen LogP contribution in [-0.4, -0.2) is 46.3 Å². The number of carbonyl (C=O) groups is 2. The first kappa shape index (κ1) is 23.5. The zero-order valence-corrected chi connectivity index (χ0v) is 20.6. The lowest BCUT2D eigenvalue weighted by Gasteiger charge is -2.25. The molecule has 3 aromatic rings. The van der Waals surface area contributed by atoms with E-state index in [4.69, 9.17) is 4.74 Å². The van der Waals surface area contributed by atoms with Crippen LogP contribution in [0.3, 0.4) is 0 Å². The summed E-state index contributed by atoms with van der Waals surface area (Å²) in [5.41, 5.74) is 6.06. The van der Waals surface area contributed by atoms with Crippen LogP contribution in [0.4, 0.5) is 0 Å². The Labute approximate surface area is 213 Å². The zero-order valence-electron chi connectivity index (χ0n) is 19.0. The first-order chi connectivity index (χ1) is 17.2. The lowest BCUT2D eigenvalue weighted by atomic mass is 10.1. The van der Waals surface area contributed by atoms with Crippen molar-refractivity contribution in [3.8, 4) is 5.75 Å². The molecule has 8 heteroatoms. The molecule has 3 aromatic carbocycles. The van der Waals surface area contributed by atoms with Crippen LogP contribution in [0, 0.1) is 0 Å². The summed E-state index contributed by atoms with van der Waals surface area (Å²) in [5, 5.41) is 4.02. The van der Waals surface area contributed by atoms with Crippen molar-refractivity contribution in [1.82, 2.24) is 10.3 Å². The third-order valence-corrected chi connectivity index (χ3v) is 8.26. The standard InChI is InChI=1S/C27H25N3O3S2/c31-25-18-35-27(30(25)15-20-4-2-1-3-5-20)22-10-8-21(9-11-22)26(32)29-28-14-19-6-12-23(13-7-19)33-24-16-34-17-24/h1-14,24,27H,15-18H2,(H,29,32)/b28-14-/t27-/m1/s1. The molecule has 2 fully saturated rings. The molecule has 2 saturated heterocycles. The highest BCUT2D eigenvalue weighted by Gasteiger charge is 2.32. The van der Waals surface area contributed by atoms with Crippen LogP contribution >= 0.6 is 23.5 Å². The SMILES string of the molecule is O=C(N/N=C\c1ccc(OC2CSC2)cc1)c1ccc([C@H]2SCC(=O)N2Cc2ccccc2)cc1. The van der Waals surface area contributed by atoms with Gasteiger partial charge in [0.25, 0.3) is 5.91 Å².